The Hall–Kier alpha value is -4.28. The Bertz CT molecular complexity index is 1240. The van der Waals surface area contributed by atoms with Gasteiger partial charge in [-0.05, 0) is 42.8 Å². The number of amides is 3. The number of carbonyl (C=O) groups excluding carboxylic acids is 2. The molecular formula is C23H24N4O7. The summed E-state index contributed by atoms with van der Waals surface area (Å²) in [7, 11) is 6.08. The smallest absolute Gasteiger partial charge is 0.325 e. The Balaban J connectivity index is 1.56. The molecule has 1 aliphatic rings. The van der Waals surface area contributed by atoms with E-state index >= 15 is 0 Å². The van der Waals surface area contributed by atoms with Crippen LogP contribution in [0, 0.1) is 0 Å². The van der Waals surface area contributed by atoms with Crippen LogP contribution in [0.5, 0.6) is 23.0 Å². The Kier molecular flexibility index (Phi) is 6.01. The van der Waals surface area contributed by atoms with Crippen LogP contribution >= 0.6 is 0 Å². The number of benzene rings is 2. The average Bonchev–Trinajstić information content (AvgIpc) is 3.42. The fourth-order valence-electron chi connectivity index (χ4n) is 3.73. The SMILES string of the molecule is COc1ccc(-c2noc(CN3C(=O)NC(C)(c4ccc(OC)c(OC)c4)C3=O)n2)cc1OC. The van der Waals surface area contributed by atoms with Gasteiger partial charge in [0.1, 0.15) is 12.1 Å². The molecule has 0 bridgehead atoms. The second-order valence-corrected chi connectivity index (χ2v) is 7.60. The molecule has 1 saturated heterocycles. The number of carbonyl (C=O) groups is 2. The summed E-state index contributed by atoms with van der Waals surface area (Å²) in [4.78, 5) is 31.3. The van der Waals surface area contributed by atoms with Gasteiger partial charge in [-0.2, -0.15) is 4.98 Å². The van der Waals surface area contributed by atoms with Crippen molar-refractivity contribution in [2.75, 3.05) is 28.4 Å². The van der Waals surface area contributed by atoms with E-state index in [2.05, 4.69) is 15.5 Å². The summed E-state index contributed by atoms with van der Waals surface area (Å²) in [5.41, 5.74) is -0.134. The van der Waals surface area contributed by atoms with E-state index in [1.54, 1.807) is 43.3 Å². The van der Waals surface area contributed by atoms with Gasteiger partial charge < -0.3 is 28.8 Å². The predicted octanol–water partition coefficient (Wildman–Crippen LogP) is 2.74. The molecule has 1 aliphatic heterocycles. The Morgan fingerprint density at radius 3 is 2.18 bits per heavy atom. The molecule has 4 rings (SSSR count). The lowest BCUT2D eigenvalue weighted by Gasteiger charge is -2.23. The number of hydrogen-bond acceptors (Lipinski definition) is 9. The average molecular weight is 468 g/mol. The number of aromatic nitrogens is 2. The summed E-state index contributed by atoms with van der Waals surface area (Å²) in [6, 6.07) is 9.62. The van der Waals surface area contributed by atoms with Crippen LogP contribution in [-0.2, 0) is 16.9 Å². The molecule has 0 aliphatic carbocycles. The number of hydrogen-bond donors (Lipinski definition) is 1. The number of ether oxygens (including phenoxy) is 4. The second-order valence-electron chi connectivity index (χ2n) is 7.60. The zero-order valence-corrected chi connectivity index (χ0v) is 19.4. The molecule has 178 valence electrons. The highest BCUT2D eigenvalue weighted by Crippen LogP contribution is 2.36. The van der Waals surface area contributed by atoms with E-state index in [4.69, 9.17) is 23.5 Å². The van der Waals surface area contributed by atoms with Gasteiger partial charge in [0, 0.05) is 5.56 Å². The largest absolute Gasteiger partial charge is 0.493 e. The second kappa shape index (κ2) is 8.93. The summed E-state index contributed by atoms with van der Waals surface area (Å²) in [6.45, 7) is 1.44. The van der Waals surface area contributed by atoms with Crippen molar-refractivity contribution in [3.05, 3.63) is 47.9 Å². The standard InChI is InChI=1S/C23H24N4O7/c1-23(14-7-9-16(31-3)18(11-14)33-5)21(28)27(22(29)25-23)12-19-24-20(26-34-19)13-6-8-15(30-2)17(10-13)32-4/h6-11H,12H2,1-5H3,(H,25,29). The zero-order chi connectivity index (χ0) is 24.5. The van der Waals surface area contributed by atoms with Gasteiger partial charge in [0.15, 0.2) is 23.0 Å². The van der Waals surface area contributed by atoms with Gasteiger partial charge in [-0.15, -0.1) is 0 Å². The summed E-state index contributed by atoms with van der Waals surface area (Å²) in [5.74, 6) is 1.94. The van der Waals surface area contributed by atoms with Gasteiger partial charge in [0.2, 0.25) is 11.7 Å². The molecule has 34 heavy (non-hydrogen) atoms. The van der Waals surface area contributed by atoms with Gasteiger partial charge in [0.25, 0.3) is 5.91 Å². The van der Waals surface area contributed by atoms with E-state index < -0.39 is 17.5 Å². The van der Waals surface area contributed by atoms with E-state index in [0.717, 1.165) is 4.90 Å². The fourth-order valence-corrected chi connectivity index (χ4v) is 3.73. The topological polar surface area (TPSA) is 125 Å². The van der Waals surface area contributed by atoms with E-state index in [0.29, 0.717) is 34.1 Å². The van der Waals surface area contributed by atoms with Gasteiger partial charge in [-0.1, -0.05) is 11.2 Å². The van der Waals surface area contributed by atoms with Crippen LogP contribution < -0.4 is 24.3 Å². The van der Waals surface area contributed by atoms with Crippen LogP contribution in [0.15, 0.2) is 40.9 Å². The molecule has 1 unspecified atom stereocenters. The molecule has 1 atom stereocenters. The molecule has 11 nitrogen and oxygen atoms in total. The maximum atomic E-state index is 13.3. The number of urea groups is 1. The number of nitrogens with zero attached hydrogens (tertiary/aromatic N) is 3. The maximum Gasteiger partial charge on any atom is 0.325 e. The quantitative estimate of drug-likeness (QED) is 0.497. The minimum absolute atomic E-state index is 0.102. The zero-order valence-electron chi connectivity index (χ0n) is 19.4. The van der Waals surface area contributed by atoms with Crippen molar-refractivity contribution in [3.8, 4) is 34.4 Å². The van der Waals surface area contributed by atoms with Crippen LogP contribution in [0.3, 0.4) is 0 Å². The van der Waals surface area contributed by atoms with Crippen molar-refractivity contribution in [1.82, 2.24) is 20.4 Å². The number of imide groups is 1. The molecule has 2 aromatic carbocycles. The first-order valence-electron chi connectivity index (χ1n) is 10.3. The van der Waals surface area contributed by atoms with Crippen molar-refractivity contribution in [3.63, 3.8) is 0 Å². The summed E-state index contributed by atoms with van der Waals surface area (Å²) >= 11 is 0. The third-order valence-electron chi connectivity index (χ3n) is 5.64. The maximum absolute atomic E-state index is 13.3. The lowest BCUT2D eigenvalue weighted by Crippen LogP contribution is -2.40. The summed E-state index contributed by atoms with van der Waals surface area (Å²) < 4.78 is 26.4. The normalized spacial score (nSPS) is 17.5. The van der Waals surface area contributed by atoms with Gasteiger partial charge in [-0.3, -0.25) is 9.69 Å². The van der Waals surface area contributed by atoms with Crippen LogP contribution in [0.2, 0.25) is 0 Å². The van der Waals surface area contributed by atoms with E-state index in [1.165, 1.54) is 28.4 Å². The van der Waals surface area contributed by atoms with E-state index in [9.17, 15) is 9.59 Å². The Labute approximate surface area is 195 Å². The van der Waals surface area contributed by atoms with Gasteiger partial charge >= 0.3 is 6.03 Å². The fraction of sp³-hybridized carbons (Fsp3) is 0.304. The highest BCUT2D eigenvalue weighted by atomic mass is 16.5. The molecule has 0 radical (unpaired) electrons. The third kappa shape index (κ3) is 3.85. The number of nitrogens with one attached hydrogen (secondary N) is 1. The Morgan fingerprint density at radius 1 is 0.912 bits per heavy atom. The molecule has 2 heterocycles. The summed E-state index contributed by atoms with van der Waals surface area (Å²) in [6.07, 6.45) is 0. The van der Waals surface area contributed by atoms with E-state index in [-0.39, 0.29) is 18.3 Å². The molecule has 1 N–H and O–H groups in total. The lowest BCUT2D eigenvalue weighted by molar-refractivity contribution is -0.131. The van der Waals surface area contributed by atoms with Crippen LogP contribution in [0.25, 0.3) is 11.4 Å². The third-order valence-corrected chi connectivity index (χ3v) is 5.64. The minimum Gasteiger partial charge on any atom is -0.493 e. The molecule has 11 heteroatoms. The number of methoxy groups -OCH3 is 4. The van der Waals surface area contributed by atoms with Crippen LogP contribution in [-0.4, -0.2) is 55.4 Å². The first kappa shape index (κ1) is 22.9. The Morgan fingerprint density at radius 2 is 1.53 bits per heavy atom. The van der Waals surface area contributed by atoms with Crippen LogP contribution in [0.1, 0.15) is 18.4 Å². The molecular weight excluding hydrogens is 444 g/mol. The lowest BCUT2D eigenvalue weighted by atomic mass is 9.91. The molecule has 1 aromatic heterocycles. The van der Waals surface area contributed by atoms with E-state index in [1.807, 2.05) is 0 Å². The van der Waals surface area contributed by atoms with Crippen molar-refractivity contribution >= 4 is 11.9 Å². The van der Waals surface area contributed by atoms with Crippen molar-refractivity contribution < 1.29 is 33.1 Å². The molecule has 3 amide bonds. The van der Waals surface area contributed by atoms with Crippen molar-refractivity contribution in [1.29, 1.82) is 0 Å². The van der Waals surface area contributed by atoms with Gasteiger partial charge in [-0.25, -0.2) is 4.79 Å². The highest BCUT2D eigenvalue weighted by molar-refractivity contribution is 6.07. The first-order chi connectivity index (χ1) is 16.3. The monoisotopic (exact) mass is 468 g/mol. The molecule has 1 fully saturated rings. The van der Waals surface area contributed by atoms with Gasteiger partial charge in [0.05, 0.1) is 28.4 Å². The predicted molar refractivity (Wildman–Crippen MR) is 119 cm³/mol. The van der Waals surface area contributed by atoms with Crippen LogP contribution in [0.4, 0.5) is 4.79 Å². The van der Waals surface area contributed by atoms with Crippen molar-refractivity contribution in [2.45, 2.75) is 19.0 Å². The molecule has 3 aromatic rings. The molecule has 0 saturated carbocycles. The number of rotatable bonds is 8. The highest BCUT2D eigenvalue weighted by Gasteiger charge is 2.49. The van der Waals surface area contributed by atoms with Crippen molar-refractivity contribution in [2.24, 2.45) is 0 Å². The first-order valence-corrected chi connectivity index (χ1v) is 10.3. The minimum atomic E-state index is -1.30. The summed E-state index contributed by atoms with van der Waals surface area (Å²) in [5, 5.41) is 6.71. The molecule has 0 spiro atoms.